The Kier molecular flexibility index (Phi) is 5.29. The number of aliphatic imine (C=N–C) groups is 1. The van der Waals surface area contributed by atoms with Crippen LogP contribution in [0, 0.1) is 11.8 Å². The summed E-state index contributed by atoms with van der Waals surface area (Å²) in [5.41, 5.74) is 8.38. The molecule has 1 fully saturated rings. The number of dihydropyridines is 1. The summed E-state index contributed by atoms with van der Waals surface area (Å²) in [7, 11) is 3.39. The molecule has 5 nitrogen and oxygen atoms in total. The number of hydrogen-bond acceptors (Lipinski definition) is 5. The first kappa shape index (κ1) is 17.1. The highest BCUT2D eigenvalue weighted by molar-refractivity contribution is 5.77. The lowest BCUT2D eigenvalue weighted by atomic mass is 9.84. The van der Waals surface area contributed by atoms with E-state index in [2.05, 4.69) is 29.0 Å². The maximum atomic E-state index is 5.84. The summed E-state index contributed by atoms with van der Waals surface area (Å²) in [6.07, 6.45) is 9.36. The number of fused-ring (bicyclic) bond motifs is 1. The van der Waals surface area contributed by atoms with E-state index in [0.29, 0.717) is 5.92 Å². The van der Waals surface area contributed by atoms with E-state index in [-0.39, 0.29) is 6.04 Å². The standard InChI is InChI=1S/C19H29N3O2/c1-13(12-20)14-5-8-22(9-6-14)17-4-7-21-16-11-19(24-3)18(23-2)10-15(16)17/h4,7,10,13-14,16H,5-6,8-9,11-12,20H2,1-3H3. The van der Waals surface area contributed by atoms with Crippen molar-refractivity contribution in [1.29, 1.82) is 0 Å². The van der Waals surface area contributed by atoms with Crippen LogP contribution in [0.4, 0.5) is 0 Å². The van der Waals surface area contributed by atoms with Crippen molar-refractivity contribution in [3.8, 4) is 0 Å². The number of ether oxygens (including phenoxy) is 2. The van der Waals surface area contributed by atoms with Crippen molar-refractivity contribution in [1.82, 2.24) is 4.90 Å². The molecule has 0 saturated carbocycles. The van der Waals surface area contributed by atoms with Crippen LogP contribution in [0.25, 0.3) is 0 Å². The van der Waals surface area contributed by atoms with Gasteiger partial charge in [-0.25, -0.2) is 0 Å². The molecule has 2 aliphatic heterocycles. The smallest absolute Gasteiger partial charge is 0.156 e. The van der Waals surface area contributed by atoms with E-state index in [1.807, 2.05) is 6.21 Å². The average molecular weight is 331 g/mol. The zero-order chi connectivity index (χ0) is 17.1. The molecule has 0 aromatic heterocycles. The quantitative estimate of drug-likeness (QED) is 0.841. The highest BCUT2D eigenvalue weighted by Crippen LogP contribution is 2.36. The fourth-order valence-corrected chi connectivity index (χ4v) is 3.94. The Hall–Kier alpha value is -1.75. The Morgan fingerprint density at radius 2 is 2.04 bits per heavy atom. The Morgan fingerprint density at radius 3 is 2.67 bits per heavy atom. The molecule has 0 radical (unpaired) electrons. The predicted molar refractivity (Wildman–Crippen MR) is 96.6 cm³/mol. The van der Waals surface area contributed by atoms with E-state index < -0.39 is 0 Å². The zero-order valence-electron chi connectivity index (χ0n) is 15.0. The molecule has 0 bridgehead atoms. The van der Waals surface area contributed by atoms with Gasteiger partial charge in [0.2, 0.25) is 0 Å². The van der Waals surface area contributed by atoms with Crippen molar-refractivity contribution in [2.24, 2.45) is 22.6 Å². The highest BCUT2D eigenvalue weighted by Gasteiger charge is 2.32. The van der Waals surface area contributed by atoms with Gasteiger partial charge in [0.25, 0.3) is 0 Å². The first-order valence-electron chi connectivity index (χ1n) is 8.89. The molecule has 3 rings (SSSR count). The van der Waals surface area contributed by atoms with E-state index in [1.54, 1.807) is 14.2 Å². The second-order valence-corrected chi connectivity index (χ2v) is 6.90. The molecule has 0 aromatic rings. The van der Waals surface area contributed by atoms with Crippen molar-refractivity contribution in [3.63, 3.8) is 0 Å². The van der Waals surface area contributed by atoms with Crippen LogP contribution in [0.5, 0.6) is 0 Å². The molecule has 3 aliphatic rings. The van der Waals surface area contributed by atoms with Crippen LogP contribution in [0.3, 0.4) is 0 Å². The summed E-state index contributed by atoms with van der Waals surface area (Å²) in [4.78, 5) is 7.13. The maximum Gasteiger partial charge on any atom is 0.156 e. The molecule has 1 aliphatic carbocycles. The molecule has 5 heteroatoms. The van der Waals surface area contributed by atoms with E-state index in [4.69, 9.17) is 15.2 Å². The monoisotopic (exact) mass is 331 g/mol. The van der Waals surface area contributed by atoms with E-state index in [1.165, 1.54) is 24.1 Å². The summed E-state index contributed by atoms with van der Waals surface area (Å²) < 4.78 is 11.0. The molecule has 2 N–H and O–H groups in total. The molecular formula is C19H29N3O2. The van der Waals surface area contributed by atoms with Crippen molar-refractivity contribution >= 4 is 6.21 Å². The second kappa shape index (κ2) is 7.43. The molecule has 0 amide bonds. The fourth-order valence-electron chi connectivity index (χ4n) is 3.94. The highest BCUT2D eigenvalue weighted by atomic mass is 16.5. The average Bonchev–Trinajstić information content (AvgIpc) is 2.65. The largest absolute Gasteiger partial charge is 0.497 e. The number of methoxy groups -OCH3 is 2. The van der Waals surface area contributed by atoms with E-state index >= 15 is 0 Å². The van der Waals surface area contributed by atoms with Gasteiger partial charge in [-0.3, -0.25) is 4.99 Å². The van der Waals surface area contributed by atoms with Gasteiger partial charge < -0.3 is 20.1 Å². The number of piperidine rings is 1. The van der Waals surface area contributed by atoms with Crippen LogP contribution < -0.4 is 5.73 Å². The fraction of sp³-hybridized carbons (Fsp3) is 0.632. The summed E-state index contributed by atoms with van der Waals surface area (Å²) in [5.74, 6) is 3.05. The van der Waals surface area contributed by atoms with Crippen molar-refractivity contribution in [2.75, 3.05) is 33.9 Å². The molecule has 0 aromatic carbocycles. The summed E-state index contributed by atoms with van der Waals surface area (Å²) >= 11 is 0. The number of nitrogens with zero attached hydrogens (tertiary/aromatic N) is 2. The van der Waals surface area contributed by atoms with E-state index in [9.17, 15) is 0 Å². The molecule has 132 valence electrons. The maximum absolute atomic E-state index is 5.84. The lowest BCUT2D eigenvalue weighted by Crippen LogP contribution is -2.39. The number of allylic oxidation sites excluding steroid dienone is 2. The van der Waals surface area contributed by atoms with E-state index in [0.717, 1.165) is 43.5 Å². The van der Waals surface area contributed by atoms with Crippen LogP contribution in [0.15, 0.2) is 39.9 Å². The van der Waals surface area contributed by atoms with Gasteiger partial charge >= 0.3 is 0 Å². The number of likely N-dealkylation sites (tertiary alicyclic amines) is 1. The summed E-state index contributed by atoms with van der Waals surface area (Å²) in [6, 6.07) is 0.138. The minimum absolute atomic E-state index is 0.138. The zero-order valence-corrected chi connectivity index (χ0v) is 15.0. The lowest BCUT2D eigenvalue weighted by molar-refractivity contribution is 0.184. The molecule has 0 spiro atoms. The first-order chi connectivity index (χ1) is 11.7. The number of rotatable bonds is 5. The Morgan fingerprint density at radius 1 is 1.29 bits per heavy atom. The third-order valence-corrected chi connectivity index (χ3v) is 5.62. The molecule has 1 saturated heterocycles. The van der Waals surface area contributed by atoms with Crippen molar-refractivity contribution < 1.29 is 9.47 Å². The minimum atomic E-state index is 0.138. The Labute approximate surface area is 144 Å². The minimum Gasteiger partial charge on any atom is -0.497 e. The predicted octanol–water partition coefficient (Wildman–Crippen LogP) is 2.46. The number of nitrogens with two attached hydrogens (primary N) is 1. The van der Waals surface area contributed by atoms with Crippen LogP contribution in [0.1, 0.15) is 26.2 Å². The number of hydrogen-bond donors (Lipinski definition) is 1. The Balaban J connectivity index is 1.77. The van der Waals surface area contributed by atoms with Gasteiger partial charge in [0.1, 0.15) is 5.76 Å². The molecule has 2 atom stereocenters. The van der Waals surface area contributed by atoms with Gasteiger partial charge in [0.15, 0.2) is 5.76 Å². The lowest BCUT2D eigenvalue weighted by Gasteiger charge is -2.40. The van der Waals surface area contributed by atoms with Crippen LogP contribution in [0.2, 0.25) is 0 Å². The summed E-state index contributed by atoms with van der Waals surface area (Å²) in [5, 5.41) is 0. The van der Waals surface area contributed by atoms with Gasteiger partial charge in [0, 0.05) is 37.0 Å². The van der Waals surface area contributed by atoms with Gasteiger partial charge in [0.05, 0.1) is 20.3 Å². The molecular weight excluding hydrogens is 302 g/mol. The molecule has 2 unspecified atom stereocenters. The van der Waals surface area contributed by atoms with Gasteiger partial charge in [-0.15, -0.1) is 0 Å². The third-order valence-electron chi connectivity index (χ3n) is 5.62. The van der Waals surface area contributed by atoms with Gasteiger partial charge in [-0.05, 0) is 43.4 Å². The summed E-state index contributed by atoms with van der Waals surface area (Å²) in [6.45, 7) is 5.23. The molecule has 24 heavy (non-hydrogen) atoms. The SMILES string of the molecule is COC1=C(OC)CC2N=CC=C(N3CCC(C(C)CN)CC3)C2=C1. The topological polar surface area (TPSA) is 60.1 Å². The van der Waals surface area contributed by atoms with Gasteiger partial charge in [-0.1, -0.05) is 6.92 Å². The van der Waals surface area contributed by atoms with Gasteiger partial charge in [-0.2, -0.15) is 0 Å². The first-order valence-corrected chi connectivity index (χ1v) is 8.89. The van der Waals surface area contributed by atoms with Crippen molar-refractivity contribution in [2.45, 2.75) is 32.2 Å². The Bertz CT molecular complexity index is 583. The van der Waals surface area contributed by atoms with Crippen LogP contribution >= 0.6 is 0 Å². The normalized spacial score (nSPS) is 25.8. The second-order valence-electron chi connectivity index (χ2n) is 6.90. The van der Waals surface area contributed by atoms with Crippen LogP contribution in [-0.4, -0.2) is 51.0 Å². The van der Waals surface area contributed by atoms with Crippen LogP contribution in [-0.2, 0) is 9.47 Å². The third kappa shape index (κ3) is 3.22. The van der Waals surface area contributed by atoms with Crippen molar-refractivity contribution in [3.05, 3.63) is 34.9 Å². The molecule has 2 heterocycles.